The Balaban J connectivity index is 2.04. The third-order valence-corrected chi connectivity index (χ3v) is 3.65. The van der Waals surface area contributed by atoms with Crippen molar-refractivity contribution < 1.29 is 8.78 Å². The predicted molar refractivity (Wildman–Crippen MR) is 70.3 cm³/mol. The van der Waals surface area contributed by atoms with Crippen LogP contribution in [0, 0.1) is 11.6 Å². The average molecular weight is 265 g/mol. The van der Waals surface area contributed by atoms with Crippen LogP contribution in [-0.4, -0.2) is 0 Å². The van der Waals surface area contributed by atoms with Gasteiger partial charge in [-0.05, 0) is 29.3 Å². The highest BCUT2D eigenvalue weighted by atomic mass is 32.2. The van der Waals surface area contributed by atoms with E-state index in [1.807, 2.05) is 24.3 Å². The van der Waals surface area contributed by atoms with Crippen molar-refractivity contribution in [1.29, 1.82) is 0 Å². The summed E-state index contributed by atoms with van der Waals surface area (Å²) in [5, 5.41) is 0. The summed E-state index contributed by atoms with van der Waals surface area (Å²) in [7, 11) is 0. The first-order valence-corrected chi connectivity index (χ1v) is 6.53. The lowest BCUT2D eigenvalue weighted by Gasteiger charge is -2.04. The fourth-order valence-electron chi connectivity index (χ4n) is 1.52. The van der Waals surface area contributed by atoms with Crippen molar-refractivity contribution in [3.8, 4) is 0 Å². The van der Waals surface area contributed by atoms with E-state index in [1.165, 1.54) is 17.8 Å². The third-order valence-electron chi connectivity index (χ3n) is 2.55. The number of thioether (sulfide) groups is 1. The molecule has 0 aromatic heterocycles. The first kappa shape index (κ1) is 13.1. The van der Waals surface area contributed by atoms with Crippen molar-refractivity contribution in [2.75, 3.05) is 0 Å². The second kappa shape index (κ2) is 5.98. The maximum Gasteiger partial charge on any atom is 0.136 e. The molecule has 0 fully saturated rings. The van der Waals surface area contributed by atoms with Crippen LogP contribution in [0.5, 0.6) is 0 Å². The van der Waals surface area contributed by atoms with Crippen molar-refractivity contribution in [2.45, 2.75) is 17.2 Å². The Labute approximate surface area is 109 Å². The fourth-order valence-corrected chi connectivity index (χ4v) is 2.44. The molecule has 0 aliphatic heterocycles. The van der Waals surface area contributed by atoms with E-state index in [2.05, 4.69) is 0 Å². The van der Waals surface area contributed by atoms with Gasteiger partial charge in [0.15, 0.2) is 0 Å². The second-order valence-corrected chi connectivity index (χ2v) is 4.90. The van der Waals surface area contributed by atoms with Crippen molar-refractivity contribution in [3.63, 3.8) is 0 Å². The molecular formula is C14H13F2NS. The van der Waals surface area contributed by atoms with Crippen molar-refractivity contribution in [1.82, 2.24) is 0 Å². The number of nitrogens with two attached hydrogens (primary N) is 1. The molecule has 2 aromatic carbocycles. The Morgan fingerprint density at radius 3 is 2.28 bits per heavy atom. The molecule has 0 saturated carbocycles. The second-order valence-electron chi connectivity index (χ2n) is 3.88. The molecule has 0 heterocycles. The summed E-state index contributed by atoms with van der Waals surface area (Å²) in [6.07, 6.45) is 0. The van der Waals surface area contributed by atoms with Crippen LogP contribution < -0.4 is 5.73 Å². The van der Waals surface area contributed by atoms with E-state index in [-0.39, 0.29) is 5.82 Å². The van der Waals surface area contributed by atoms with Gasteiger partial charge in [-0.15, -0.1) is 11.8 Å². The van der Waals surface area contributed by atoms with Gasteiger partial charge in [0.25, 0.3) is 0 Å². The largest absolute Gasteiger partial charge is 0.326 e. The average Bonchev–Trinajstić information content (AvgIpc) is 2.40. The maximum absolute atomic E-state index is 13.4. The SMILES string of the molecule is NCc1ccc(CSc2cc(F)ccc2F)cc1. The van der Waals surface area contributed by atoms with Crippen LogP contribution in [0.2, 0.25) is 0 Å². The summed E-state index contributed by atoms with van der Waals surface area (Å²) >= 11 is 1.28. The first-order valence-electron chi connectivity index (χ1n) is 5.55. The van der Waals surface area contributed by atoms with Crippen molar-refractivity contribution >= 4 is 11.8 Å². The quantitative estimate of drug-likeness (QED) is 0.853. The van der Waals surface area contributed by atoms with Gasteiger partial charge in [0.2, 0.25) is 0 Å². The Morgan fingerprint density at radius 1 is 0.944 bits per heavy atom. The zero-order chi connectivity index (χ0) is 13.0. The van der Waals surface area contributed by atoms with Gasteiger partial charge in [0, 0.05) is 17.2 Å². The summed E-state index contributed by atoms with van der Waals surface area (Å²) in [4.78, 5) is 0.331. The molecule has 2 aromatic rings. The Bertz CT molecular complexity index is 526. The number of rotatable bonds is 4. The third kappa shape index (κ3) is 3.31. The van der Waals surface area contributed by atoms with E-state index in [4.69, 9.17) is 5.73 Å². The van der Waals surface area contributed by atoms with Gasteiger partial charge in [0.1, 0.15) is 11.6 Å². The van der Waals surface area contributed by atoms with Crippen LogP contribution in [0.25, 0.3) is 0 Å². The molecular weight excluding hydrogens is 252 g/mol. The van der Waals surface area contributed by atoms with Crippen LogP contribution in [-0.2, 0) is 12.3 Å². The molecule has 94 valence electrons. The van der Waals surface area contributed by atoms with Crippen LogP contribution in [0.1, 0.15) is 11.1 Å². The van der Waals surface area contributed by atoms with Crippen molar-refractivity contribution in [3.05, 3.63) is 65.2 Å². The molecule has 0 radical (unpaired) electrons. The van der Waals surface area contributed by atoms with E-state index >= 15 is 0 Å². The molecule has 2 N–H and O–H groups in total. The fraction of sp³-hybridized carbons (Fsp3) is 0.143. The zero-order valence-corrected chi connectivity index (χ0v) is 10.5. The monoisotopic (exact) mass is 265 g/mol. The summed E-state index contributed by atoms with van der Waals surface area (Å²) in [6, 6.07) is 11.3. The van der Waals surface area contributed by atoms with E-state index in [0.717, 1.165) is 23.3 Å². The molecule has 18 heavy (non-hydrogen) atoms. The van der Waals surface area contributed by atoms with Gasteiger partial charge in [-0.25, -0.2) is 8.78 Å². The Hall–Kier alpha value is -1.39. The van der Waals surface area contributed by atoms with Crippen LogP contribution >= 0.6 is 11.8 Å². The standard InChI is InChI=1S/C14H13F2NS/c15-12-5-6-13(16)14(7-12)18-9-11-3-1-10(8-17)2-4-11/h1-7H,8-9,17H2. The van der Waals surface area contributed by atoms with E-state index < -0.39 is 5.82 Å². The lowest BCUT2D eigenvalue weighted by molar-refractivity contribution is 0.577. The minimum absolute atomic E-state index is 0.331. The molecule has 1 nitrogen and oxygen atoms in total. The maximum atomic E-state index is 13.4. The smallest absolute Gasteiger partial charge is 0.136 e. The summed E-state index contributed by atoms with van der Waals surface area (Å²) in [5.41, 5.74) is 7.62. The van der Waals surface area contributed by atoms with E-state index in [1.54, 1.807) is 0 Å². The number of halogens is 2. The van der Waals surface area contributed by atoms with Gasteiger partial charge < -0.3 is 5.73 Å². The van der Waals surface area contributed by atoms with Gasteiger partial charge in [0.05, 0.1) is 0 Å². The van der Waals surface area contributed by atoms with Crippen LogP contribution in [0.15, 0.2) is 47.4 Å². The topological polar surface area (TPSA) is 26.0 Å². The minimum Gasteiger partial charge on any atom is -0.326 e. The highest BCUT2D eigenvalue weighted by molar-refractivity contribution is 7.98. The summed E-state index contributed by atoms with van der Waals surface area (Å²) in [5.74, 6) is -0.206. The normalized spacial score (nSPS) is 10.6. The molecule has 0 unspecified atom stereocenters. The molecule has 0 aliphatic carbocycles. The Kier molecular flexibility index (Phi) is 4.33. The lowest BCUT2D eigenvalue weighted by atomic mass is 10.1. The van der Waals surface area contributed by atoms with Crippen molar-refractivity contribution in [2.24, 2.45) is 5.73 Å². The molecule has 0 spiro atoms. The molecule has 2 rings (SSSR count). The van der Waals surface area contributed by atoms with Crippen LogP contribution in [0.3, 0.4) is 0 Å². The number of hydrogen-bond acceptors (Lipinski definition) is 2. The number of hydrogen-bond donors (Lipinski definition) is 1. The molecule has 0 saturated heterocycles. The predicted octanol–water partition coefficient (Wildman–Crippen LogP) is 3.72. The van der Waals surface area contributed by atoms with Crippen LogP contribution in [0.4, 0.5) is 8.78 Å². The zero-order valence-electron chi connectivity index (χ0n) is 9.70. The summed E-state index contributed by atoms with van der Waals surface area (Å²) in [6.45, 7) is 0.506. The Morgan fingerprint density at radius 2 is 1.61 bits per heavy atom. The molecule has 0 atom stereocenters. The van der Waals surface area contributed by atoms with Gasteiger partial charge in [-0.2, -0.15) is 0 Å². The molecule has 4 heteroatoms. The summed E-state index contributed by atoms with van der Waals surface area (Å²) < 4.78 is 26.4. The van der Waals surface area contributed by atoms with Gasteiger partial charge >= 0.3 is 0 Å². The highest BCUT2D eigenvalue weighted by Crippen LogP contribution is 2.26. The molecule has 0 amide bonds. The molecule has 0 aliphatic rings. The lowest BCUT2D eigenvalue weighted by Crippen LogP contribution is -1.95. The highest BCUT2D eigenvalue weighted by Gasteiger charge is 2.04. The number of benzene rings is 2. The van der Waals surface area contributed by atoms with Gasteiger partial charge in [-0.3, -0.25) is 0 Å². The van der Waals surface area contributed by atoms with E-state index in [0.29, 0.717) is 17.2 Å². The minimum atomic E-state index is -0.419. The first-order chi connectivity index (χ1) is 8.69. The molecule has 0 bridgehead atoms. The van der Waals surface area contributed by atoms with Gasteiger partial charge in [-0.1, -0.05) is 24.3 Å². The van der Waals surface area contributed by atoms with E-state index in [9.17, 15) is 8.78 Å².